The van der Waals surface area contributed by atoms with Gasteiger partial charge in [0.15, 0.2) is 0 Å². The molecular weight excluding hydrogens is 496 g/mol. The molecule has 2 N–H and O–H groups in total. The molecule has 0 aliphatic rings. The predicted molar refractivity (Wildman–Crippen MR) is 146 cm³/mol. The largest absolute Gasteiger partial charge is 0.497 e. The molecule has 8 nitrogen and oxygen atoms in total. The van der Waals surface area contributed by atoms with Crippen molar-refractivity contribution in [2.24, 2.45) is 0 Å². The van der Waals surface area contributed by atoms with Crippen molar-refractivity contribution in [2.45, 2.75) is 59.9 Å². The minimum atomic E-state index is -0.250. The van der Waals surface area contributed by atoms with Crippen LogP contribution in [-0.4, -0.2) is 46.9 Å². The molecular formula is C28H35ClN2O6. The number of carboxylic acid groups (broad SMARTS) is 1. The van der Waals surface area contributed by atoms with Crippen LogP contribution in [0.1, 0.15) is 62.2 Å². The lowest BCUT2D eigenvalue weighted by Gasteiger charge is -2.13. The number of nitrogens with one attached hydrogen (secondary N) is 1. The summed E-state index contributed by atoms with van der Waals surface area (Å²) in [4.78, 5) is 45.7. The number of carbonyl (C=O) groups is 4. The number of amides is 1. The second-order valence-corrected chi connectivity index (χ2v) is 8.52. The van der Waals surface area contributed by atoms with Gasteiger partial charge in [-0.15, -0.1) is 0 Å². The second kappa shape index (κ2) is 15.5. The van der Waals surface area contributed by atoms with Crippen LogP contribution in [0.5, 0.6) is 5.75 Å². The number of halogens is 1. The van der Waals surface area contributed by atoms with E-state index in [1.807, 2.05) is 39.8 Å². The summed E-state index contributed by atoms with van der Waals surface area (Å²) in [7, 11) is 1.58. The van der Waals surface area contributed by atoms with Gasteiger partial charge in [-0.25, -0.2) is 0 Å². The fourth-order valence-electron chi connectivity index (χ4n) is 3.77. The molecule has 1 heterocycles. The van der Waals surface area contributed by atoms with Crippen LogP contribution in [-0.2, 0) is 20.8 Å². The Morgan fingerprint density at radius 1 is 1.14 bits per heavy atom. The van der Waals surface area contributed by atoms with Crippen molar-refractivity contribution in [2.75, 3.05) is 7.11 Å². The number of rotatable bonds is 8. The molecule has 3 aromatic rings. The first-order chi connectivity index (χ1) is 17.6. The lowest BCUT2D eigenvalue weighted by Crippen LogP contribution is -2.34. The zero-order chi connectivity index (χ0) is 28.1. The van der Waals surface area contributed by atoms with Crippen LogP contribution >= 0.6 is 11.6 Å². The molecule has 9 heteroatoms. The molecule has 1 amide bonds. The third-order valence-corrected chi connectivity index (χ3v) is 5.76. The molecule has 0 fully saturated rings. The standard InChI is InChI=1S/C25H27ClN2O4.C2H6.CH2O2/c1-15(5-6-16(2)29)27-24(30)14-21-17(3)28(23-12-11-20(32-4)13-22(21)23)25(31)18-7-9-19(26)10-8-18;1-2;2-1-3/h7-13,15H,5-6,14H2,1-4H3,(H,27,30);1-2H3;1H,(H,2,3). The van der Waals surface area contributed by atoms with Crippen molar-refractivity contribution in [1.29, 1.82) is 0 Å². The molecule has 1 aromatic heterocycles. The first-order valence-corrected chi connectivity index (χ1v) is 12.4. The molecule has 1 atom stereocenters. The summed E-state index contributed by atoms with van der Waals surface area (Å²) in [5.41, 5.74) is 2.66. The Labute approximate surface area is 222 Å². The lowest BCUT2D eigenvalue weighted by atomic mass is 10.1. The molecule has 0 saturated heterocycles. The summed E-state index contributed by atoms with van der Waals surface area (Å²) in [5, 5.41) is 11.2. The van der Waals surface area contributed by atoms with Crippen molar-refractivity contribution in [3.63, 3.8) is 0 Å². The number of hydrogen-bond donors (Lipinski definition) is 2. The molecule has 0 bridgehead atoms. The van der Waals surface area contributed by atoms with Gasteiger partial charge in [-0.2, -0.15) is 0 Å². The number of carbonyl (C=O) groups excluding carboxylic acids is 3. The molecule has 37 heavy (non-hydrogen) atoms. The average Bonchev–Trinajstić information content (AvgIpc) is 3.14. The number of ketones is 1. The van der Waals surface area contributed by atoms with E-state index >= 15 is 0 Å². The van der Waals surface area contributed by atoms with E-state index in [0.717, 1.165) is 10.9 Å². The minimum absolute atomic E-state index is 0.0952. The van der Waals surface area contributed by atoms with Gasteiger partial charge in [-0.3, -0.25) is 19.0 Å². The van der Waals surface area contributed by atoms with E-state index in [2.05, 4.69) is 5.32 Å². The number of hydrogen-bond acceptors (Lipinski definition) is 5. The van der Waals surface area contributed by atoms with Gasteiger partial charge in [0.25, 0.3) is 12.4 Å². The van der Waals surface area contributed by atoms with E-state index in [1.165, 1.54) is 6.92 Å². The Hall–Kier alpha value is -3.65. The van der Waals surface area contributed by atoms with Crippen molar-refractivity contribution >= 4 is 46.6 Å². The molecule has 2 aromatic carbocycles. The van der Waals surface area contributed by atoms with Gasteiger partial charge in [0.05, 0.1) is 19.0 Å². The van der Waals surface area contributed by atoms with E-state index in [1.54, 1.807) is 42.0 Å². The SMILES string of the molecule is CC.COc1ccc2c(c1)c(CC(=O)NC(C)CCC(C)=O)c(C)n2C(=O)c1ccc(Cl)cc1.O=CO. The van der Waals surface area contributed by atoms with Gasteiger partial charge in [0, 0.05) is 34.1 Å². The van der Waals surface area contributed by atoms with Crippen LogP contribution in [0.4, 0.5) is 0 Å². The first-order valence-electron chi connectivity index (χ1n) is 12.0. The predicted octanol–water partition coefficient (Wildman–Crippen LogP) is 5.44. The number of ether oxygens (including phenoxy) is 1. The van der Waals surface area contributed by atoms with Gasteiger partial charge in [-0.05, 0) is 75.2 Å². The summed E-state index contributed by atoms with van der Waals surface area (Å²) in [5.74, 6) is 0.378. The maximum atomic E-state index is 13.3. The number of nitrogens with zero attached hydrogens (tertiary/aromatic N) is 1. The van der Waals surface area contributed by atoms with E-state index in [4.69, 9.17) is 26.2 Å². The first kappa shape index (κ1) is 31.4. The van der Waals surface area contributed by atoms with Crippen molar-refractivity contribution in [1.82, 2.24) is 9.88 Å². The van der Waals surface area contributed by atoms with Crippen LogP contribution < -0.4 is 10.1 Å². The zero-order valence-corrected chi connectivity index (χ0v) is 22.9. The number of aromatic nitrogens is 1. The molecule has 0 spiro atoms. The molecule has 0 aliphatic heterocycles. The highest BCUT2D eigenvalue weighted by molar-refractivity contribution is 6.30. The van der Waals surface area contributed by atoms with Gasteiger partial charge in [-0.1, -0.05) is 25.4 Å². The van der Waals surface area contributed by atoms with E-state index in [9.17, 15) is 14.4 Å². The quantitative estimate of drug-likeness (QED) is 0.374. The molecule has 3 rings (SSSR count). The number of methoxy groups -OCH3 is 1. The Kier molecular flexibility index (Phi) is 13.1. The maximum absolute atomic E-state index is 13.3. The highest BCUT2D eigenvalue weighted by Gasteiger charge is 2.22. The van der Waals surface area contributed by atoms with Gasteiger partial charge < -0.3 is 20.0 Å². The molecule has 1 unspecified atom stereocenters. The van der Waals surface area contributed by atoms with E-state index < -0.39 is 0 Å². The number of fused-ring (bicyclic) bond motifs is 1. The zero-order valence-electron chi connectivity index (χ0n) is 22.1. The average molecular weight is 531 g/mol. The van der Waals surface area contributed by atoms with Crippen LogP contribution in [0.25, 0.3) is 10.9 Å². The Morgan fingerprint density at radius 3 is 2.27 bits per heavy atom. The topological polar surface area (TPSA) is 115 Å². The van der Waals surface area contributed by atoms with Gasteiger partial charge in [0.1, 0.15) is 11.5 Å². The minimum Gasteiger partial charge on any atom is -0.497 e. The van der Waals surface area contributed by atoms with Crippen LogP contribution in [0, 0.1) is 6.92 Å². The van der Waals surface area contributed by atoms with Crippen molar-refractivity contribution in [3.05, 3.63) is 64.3 Å². The Balaban J connectivity index is 0.00000127. The van der Waals surface area contributed by atoms with Gasteiger partial charge in [0.2, 0.25) is 5.91 Å². The molecule has 200 valence electrons. The van der Waals surface area contributed by atoms with Crippen LogP contribution in [0.15, 0.2) is 42.5 Å². The fourth-order valence-corrected chi connectivity index (χ4v) is 3.90. The van der Waals surface area contributed by atoms with Crippen molar-refractivity contribution in [3.8, 4) is 5.75 Å². The second-order valence-electron chi connectivity index (χ2n) is 8.09. The molecule has 0 radical (unpaired) electrons. The Bertz CT molecular complexity index is 1220. The summed E-state index contributed by atoms with van der Waals surface area (Å²) < 4.78 is 6.99. The smallest absolute Gasteiger partial charge is 0.290 e. The number of benzene rings is 2. The normalized spacial score (nSPS) is 10.8. The fraction of sp³-hybridized carbons (Fsp3) is 0.357. The highest BCUT2D eigenvalue weighted by atomic mass is 35.5. The van der Waals surface area contributed by atoms with Crippen LogP contribution in [0.2, 0.25) is 5.02 Å². The van der Waals surface area contributed by atoms with Gasteiger partial charge >= 0.3 is 0 Å². The van der Waals surface area contributed by atoms with E-state index in [-0.39, 0.29) is 36.5 Å². The molecule has 0 saturated carbocycles. The monoisotopic (exact) mass is 530 g/mol. The third kappa shape index (κ3) is 8.75. The summed E-state index contributed by atoms with van der Waals surface area (Å²) in [6.07, 6.45) is 1.12. The van der Waals surface area contributed by atoms with E-state index in [0.29, 0.717) is 40.4 Å². The van der Waals surface area contributed by atoms with Crippen molar-refractivity contribution < 1.29 is 29.0 Å². The maximum Gasteiger partial charge on any atom is 0.290 e. The third-order valence-electron chi connectivity index (χ3n) is 5.51. The van der Waals surface area contributed by atoms with Crippen LogP contribution in [0.3, 0.4) is 0 Å². The Morgan fingerprint density at radius 2 is 1.73 bits per heavy atom. The summed E-state index contributed by atoms with van der Waals surface area (Å²) >= 11 is 5.97. The highest BCUT2D eigenvalue weighted by Crippen LogP contribution is 2.31. The molecule has 0 aliphatic carbocycles. The number of Topliss-reactive ketones (excluding diaryl/α,β-unsaturated/α-hetero) is 1. The lowest BCUT2D eigenvalue weighted by molar-refractivity contribution is -0.123. The summed E-state index contributed by atoms with van der Waals surface area (Å²) in [6, 6.07) is 12.1. The summed E-state index contributed by atoms with van der Waals surface area (Å²) in [6.45, 7) is 9.00.